The molecule has 1 fully saturated rings. The van der Waals surface area contributed by atoms with Gasteiger partial charge in [-0.3, -0.25) is 4.79 Å². The molecule has 4 heteroatoms. The second kappa shape index (κ2) is 5.06. The van der Waals surface area contributed by atoms with Crippen molar-refractivity contribution in [1.82, 2.24) is 4.90 Å². The van der Waals surface area contributed by atoms with E-state index in [0.29, 0.717) is 12.5 Å². The number of nitrogens with zero attached hydrogens (tertiary/aromatic N) is 1. The van der Waals surface area contributed by atoms with Crippen LogP contribution in [0.3, 0.4) is 0 Å². The summed E-state index contributed by atoms with van der Waals surface area (Å²) in [6.45, 7) is 4.47. The molecule has 1 aliphatic heterocycles. The van der Waals surface area contributed by atoms with Gasteiger partial charge in [-0.15, -0.1) is 0 Å². The van der Waals surface area contributed by atoms with Crippen LogP contribution in [0.1, 0.15) is 31.9 Å². The molecule has 0 radical (unpaired) electrons. The Kier molecular flexibility index (Phi) is 3.66. The molecule has 3 nitrogen and oxygen atoms in total. The predicted octanol–water partition coefficient (Wildman–Crippen LogP) is 2.08. The molecule has 2 N–H and O–H groups in total. The Hall–Kier alpha value is -1.42. The fraction of sp³-hybridized carbons (Fsp3) is 0.500. The average Bonchev–Trinajstić information content (AvgIpc) is 2.70. The lowest BCUT2D eigenvalue weighted by Gasteiger charge is -2.28. The summed E-state index contributed by atoms with van der Waals surface area (Å²) >= 11 is 0. The zero-order valence-corrected chi connectivity index (χ0v) is 10.8. The SMILES string of the molecule is CC1CCN(C(=O)[C@H](C)N)C1c1cccc(F)c1. The van der Waals surface area contributed by atoms with Crippen molar-refractivity contribution in [2.75, 3.05) is 6.54 Å². The summed E-state index contributed by atoms with van der Waals surface area (Å²) in [4.78, 5) is 13.8. The number of halogens is 1. The quantitative estimate of drug-likeness (QED) is 0.873. The minimum Gasteiger partial charge on any atom is -0.334 e. The first-order valence-corrected chi connectivity index (χ1v) is 6.32. The van der Waals surface area contributed by atoms with Crippen molar-refractivity contribution in [3.8, 4) is 0 Å². The van der Waals surface area contributed by atoms with Crippen LogP contribution in [0.5, 0.6) is 0 Å². The van der Waals surface area contributed by atoms with Gasteiger partial charge in [-0.25, -0.2) is 4.39 Å². The van der Waals surface area contributed by atoms with Crippen LogP contribution < -0.4 is 5.73 Å². The minimum absolute atomic E-state index is 0.0563. The molecule has 3 atom stereocenters. The Morgan fingerprint density at radius 1 is 1.56 bits per heavy atom. The van der Waals surface area contributed by atoms with E-state index in [-0.39, 0.29) is 17.8 Å². The molecular weight excluding hydrogens is 231 g/mol. The maximum absolute atomic E-state index is 13.3. The molecule has 0 spiro atoms. The van der Waals surface area contributed by atoms with Gasteiger partial charge in [0.15, 0.2) is 0 Å². The van der Waals surface area contributed by atoms with Gasteiger partial charge in [0.05, 0.1) is 12.1 Å². The van der Waals surface area contributed by atoms with Gasteiger partial charge < -0.3 is 10.6 Å². The molecule has 1 saturated heterocycles. The summed E-state index contributed by atoms with van der Waals surface area (Å²) in [5.41, 5.74) is 6.52. The molecule has 1 aliphatic rings. The maximum Gasteiger partial charge on any atom is 0.239 e. The number of carbonyl (C=O) groups excluding carboxylic acids is 1. The topological polar surface area (TPSA) is 46.3 Å². The van der Waals surface area contributed by atoms with Crippen molar-refractivity contribution in [2.45, 2.75) is 32.4 Å². The van der Waals surface area contributed by atoms with Crippen molar-refractivity contribution >= 4 is 5.91 Å². The lowest BCUT2D eigenvalue weighted by atomic mass is 9.95. The van der Waals surface area contributed by atoms with E-state index in [9.17, 15) is 9.18 Å². The van der Waals surface area contributed by atoms with Crippen LogP contribution >= 0.6 is 0 Å². The number of likely N-dealkylation sites (tertiary alicyclic amines) is 1. The van der Waals surface area contributed by atoms with Gasteiger partial charge >= 0.3 is 0 Å². The summed E-state index contributed by atoms with van der Waals surface area (Å²) in [5.74, 6) is 0.00269. The zero-order chi connectivity index (χ0) is 13.3. The maximum atomic E-state index is 13.3. The predicted molar refractivity (Wildman–Crippen MR) is 68.3 cm³/mol. The monoisotopic (exact) mass is 250 g/mol. The molecular formula is C14H19FN2O. The number of rotatable bonds is 2. The first-order chi connectivity index (χ1) is 8.50. The van der Waals surface area contributed by atoms with Crippen LogP contribution in [0.25, 0.3) is 0 Å². The highest BCUT2D eigenvalue weighted by molar-refractivity contribution is 5.82. The molecule has 1 amide bonds. The van der Waals surface area contributed by atoms with Crippen LogP contribution in [0.15, 0.2) is 24.3 Å². The fourth-order valence-corrected chi connectivity index (χ4v) is 2.65. The van der Waals surface area contributed by atoms with E-state index in [1.165, 1.54) is 12.1 Å². The van der Waals surface area contributed by atoms with Crippen LogP contribution in [-0.2, 0) is 4.79 Å². The number of nitrogens with two attached hydrogens (primary N) is 1. The summed E-state index contributed by atoms with van der Waals surface area (Å²) in [5, 5.41) is 0. The third-order valence-electron chi connectivity index (χ3n) is 3.56. The normalized spacial score (nSPS) is 25.2. The van der Waals surface area contributed by atoms with Gasteiger partial charge in [-0.05, 0) is 37.0 Å². The number of hydrogen-bond donors (Lipinski definition) is 1. The van der Waals surface area contributed by atoms with Crippen LogP contribution in [0.4, 0.5) is 4.39 Å². The van der Waals surface area contributed by atoms with Gasteiger partial charge in [-0.2, -0.15) is 0 Å². The van der Waals surface area contributed by atoms with E-state index in [1.807, 2.05) is 6.07 Å². The van der Waals surface area contributed by atoms with Crippen LogP contribution in [-0.4, -0.2) is 23.4 Å². The van der Waals surface area contributed by atoms with Crippen molar-refractivity contribution in [2.24, 2.45) is 11.7 Å². The van der Waals surface area contributed by atoms with E-state index in [2.05, 4.69) is 6.92 Å². The number of hydrogen-bond acceptors (Lipinski definition) is 2. The highest BCUT2D eigenvalue weighted by atomic mass is 19.1. The van der Waals surface area contributed by atoms with E-state index in [4.69, 9.17) is 5.73 Å². The largest absolute Gasteiger partial charge is 0.334 e. The number of benzene rings is 1. The minimum atomic E-state index is -0.508. The summed E-state index contributed by atoms with van der Waals surface area (Å²) in [7, 11) is 0. The number of carbonyl (C=O) groups is 1. The second-order valence-electron chi connectivity index (χ2n) is 5.09. The molecule has 0 aromatic heterocycles. The lowest BCUT2D eigenvalue weighted by molar-refractivity contribution is -0.133. The Labute approximate surface area is 107 Å². The van der Waals surface area contributed by atoms with Gasteiger partial charge in [0.1, 0.15) is 5.82 Å². The molecule has 2 unspecified atom stereocenters. The summed E-state index contributed by atoms with van der Waals surface area (Å²) in [6.07, 6.45) is 0.930. The second-order valence-corrected chi connectivity index (χ2v) is 5.09. The van der Waals surface area contributed by atoms with Crippen molar-refractivity contribution in [3.63, 3.8) is 0 Å². The van der Waals surface area contributed by atoms with E-state index >= 15 is 0 Å². The Morgan fingerprint density at radius 3 is 2.89 bits per heavy atom. The molecule has 0 aliphatic carbocycles. The van der Waals surface area contributed by atoms with Gasteiger partial charge in [-0.1, -0.05) is 19.1 Å². The molecule has 1 aromatic carbocycles. The summed E-state index contributed by atoms with van der Waals surface area (Å²) in [6, 6.07) is 5.92. The molecule has 2 rings (SSSR count). The van der Waals surface area contributed by atoms with Crippen molar-refractivity contribution < 1.29 is 9.18 Å². The standard InChI is InChI=1S/C14H19FN2O/c1-9-6-7-17(14(18)10(2)16)13(9)11-4-3-5-12(15)8-11/h3-5,8-10,13H,6-7,16H2,1-2H3/t9?,10-,13?/m0/s1. The van der Waals surface area contributed by atoms with E-state index in [0.717, 1.165) is 12.0 Å². The van der Waals surface area contributed by atoms with E-state index < -0.39 is 6.04 Å². The lowest BCUT2D eigenvalue weighted by Crippen LogP contribution is -2.42. The highest BCUT2D eigenvalue weighted by Gasteiger charge is 2.36. The van der Waals surface area contributed by atoms with Gasteiger partial charge in [0.2, 0.25) is 5.91 Å². The third-order valence-corrected chi connectivity index (χ3v) is 3.56. The molecule has 18 heavy (non-hydrogen) atoms. The van der Waals surface area contributed by atoms with Crippen molar-refractivity contribution in [3.05, 3.63) is 35.6 Å². The van der Waals surface area contributed by atoms with Crippen LogP contribution in [0, 0.1) is 11.7 Å². The Morgan fingerprint density at radius 2 is 2.28 bits per heavy atom. The molecule has 0 bridgehead atoms. The van der Waals surface area contributed by atoms with Gasteiger partial charge in [0.25, 0.3) is 0 Å². The Bertz CT molecular complexity index is 447. The summed E-state index contributed by atoms with van der Waals surface area (Å²) < 4.78 is 13.3. The van der Waals surface area contributed by atoms with E-state index in [1.54, 1.807) is 17.9 Å². The molecule has 1 aromatic rings. The van der Waals surface area contributed by atoms with Crippen molar-refractivity contribution in [1.29, 1.82) is 0 Å². The molecule has 98 valence electrons. The molecule has 1 heterocycles. The third kappa shape index (κ3) is 2.38. The number of amides is 1. The van der Waals surface area contributed by atoms with Gasteiger partial charge in [0, 0.05) is 6.54 Å². The first kappa shape index (κ1) is 13.0. The highest BCUT2D eigenvalue weighted by Crippen LogP contribution is 2.37. The fourth-order valence-electron chi connectivity index (χ4n) is 2.65. The molecule has 0 saturated carbocycles. The Balaban J connectivity index is 2.31. The first-order valence-electron chi connectivity index (χ1n) is 6.32. The zero-order valence-electron chi connectivity index (χ0n) is 10.8. The van der Waals surface area contributed by atoms with Crippen LogP contribution in [0.2, 0.25) is 0 Å². The smallest absolute Gasteiger partial charge is 0.239 e. The average molecular weight is 250 g/mol.